The number of nitrogens with zero attached hydrogens (tertiary/aromatic N) is 2. The summed E-state index contributed by atoms with van der Waals surface area (Å²) in [6.07, 6.45) is 5.35. The topological polar surface area (TPSA) is 70.1 Å². The van der Waals surface area contributed by atoms with Gasteiger partial charge >= 0.3 is 5.97 Å². The Kier molecular flexibility index (Phi) is 4.89. The second kappa shape index (κ2) is 6.85. The largest absolute Gasteiger partial charge is 0.481 e. The normalized spacial score (nSPS) is 13.1. The van der Waals surface area contributed by atoms with Gasteiger partial charge in [0.2, 0.25) is 0 Å². The number of benzene rings is 1. The number of carboxylic acid groups (broad SMARTS) is 1. The van der Waals surface area contributed by atoms with Crippen LogP contribution in [0.4, 0.5) is 11.4 Å². The van der Waals surface area contributed by atoms with Crippen LogP contribution in [0.15, 0.2) is 18.2 Å². The van der Waals surface area contributed by atoms with Crippen molar-refractivity contribution in [1.29, 1.82) is 0 Å². The summed E-state index contributed by atoms with van der Waals surface area (Å²) in [7, 11) is 0. The molecular formula is C16H18N2O4. The Morgan fingerprint density at radius 3 is 2.95 bits per heavy atom. The first-order valence-electron chi connectivity index (χ1n) is 7.04. The van der Waals surface area contributed by atoms with Gasteiger partial charge in [0.05, 0.1) is 18.7 Å². The van der Waals surface area contributed by atoms with E-state index in [4.69, 9.17) is 16.3 Å². The number of amides is 1. The highest BCUT2D eigenvalue weighted by molar-refractivity contribution is 5.98. The predicted molar refractivity (Wildman–Crippen MR) is 83.3 cm³/mol. The highest BCUT2D eigenvalue weighted by atomic mass is 16.5. The maximum atomic E-state index is 11.8. The number of fused-ring (bicyclic) bond motifs is 1. The number of ether oxygens (including phenoxy) is 1. The van der Waals surface area contributed by atoms with Crippen molar-refractivity contribution >= 4 is 23.3 Å². The third-order valence-corrected chi connectivity index (χ3v) is 3.45. The average molecular weight is 302 g/mol. The number of likely N-dealkylation sites (N-methyl/N-ethyl adjacent to an activating group) is 1. The second-order valence-electron chi connectivity index (χ2n) is 4.85. The van der Waals surface area contributed by atoms with Crippen LogP contribution in [0, 0.1) is 12.3 Å². The molecule has 0 atom stereocenters. The van der Waals surface area contributed by atoms with E-state index in [-0.39, 0.29) is 18.9 Å². The fraction of sp³-hybridized carbons (Fsp3) is 0.375. The molecule has 0 saturated heterocycles. The number of carboxylic acids is 1. The number of hydrogen-bond donors (Lipinski definition) is 1. The summed E-state index contributed by atoms with van der Waals surface area (Å²) in [5, 5.41) is 8.82. The summed E-state index contributed by atoms with van der Waals surface area (Å²) in [4.78, 5) is 26.0. The van der Waals surface area contributed by atoms with E-state index >= 15 is 0 Å². The van der Waals surface area contributed by atoms with E-state index in [1.807, 2.05) is 13.0 Å². The van der Waals surface area contributed by atoms with Gasteiger partial charge in [-0.15, -0.1) is 6.42 Å². The molecule has 0 unspecified atom stereocenters. The maximum absolute atomic E-state index is 11.8. The van der Waals surface area contributed by atoms with Crippen LogP contribution in [-0.2, 0) is 9.59 Å². The van der Waals surface area contributed by atoms with Gasteiger partial charge in [0.25, 0.3) is 5.91 Å². The second-order valence-corrected chi connectivity index (χ2v) is 4.85. The van der Waals surface area contributed by atoms with Crippen molar-refractivity contribution in [2.24, 2.45) is 0 Å². The molecule has 1 aromatic rings. The van der Waals surface area contributed by atoms with Crippen molar-refractivity contribution in [1.82, 2.24) is 0 Å². The molecule has 22 heavy (non-hydrogen) atoms. The van der Waals surface area contributed by atoms with Gasteiger partial charge in [0, 0.05) is 24.8 Å². The van der Waals surface area contributed by atoms with Gasteiger partial charge in [0.15, 0.2) is 6.61 Å². The van der Waals surface area contributed by atoms with Gasteiger partial charge in [-0.05, 0) is 19.1 Å². The first-order valence-corrected chi connectivity index (χ1v) is 7.04. The Labute approximate surface area is 129 Å². The summed E-state index contributed by atoms with van der Waals surface area (Å²) >= 11 is 0. The van der Waals surface area contributed by atoms with Crippen molar-refractivity contribution in [3.63, 3.8) is 0 Å². The van der Waals surface area contributed by atoms with Crippen molar-refractivity contribution in [2.75, 3.05) is 36.0 Å². The number of aliphatic carboxylic acids is 1. The van der Waals surface area contributed by atoms with Crippen molar-refractivity contribution in [3.05, 3.63) is 18.2 Å². The number of rotatable bonds is 6. The lowest BCUT2D eigenvalue weighted by atomic mass is 10.2. The minimum Gasteiger partial charge on any atom is -0.481 e. The number of carbonyl (C=O) groups is 2. The van der Waals surface area contributed by atoms with E-state index in [0.717, 1.165) is 11.4 Å². The van der Waals surface area contributed by atoms with Crippen LogP contribution in [-0.4, -0.2) is 43.2 Å². The smallest absolute Gasteiger partial charge is 0.305 e. The molecule has 6 heteroatoms. The molecule has 0 fully saturated rings. The Hall–Kier alpha value is -2.68. The molecule has 1 aliphatic rings. The Bertz CT molecular complexity index is 621. The van der Waals surface area contributed by atoms with Crippen LogP contribution >= 0.6 is 0 Å². The molecule has 0 bridgehead atoms. The van der Waals surface area contributed by atoms with E-state index in [1.165, 1.54) is 0 Å². The third kappa shape index (κ3) is 3.31. The SMILES string of the molecule is C#CCN(CCC(=O)O)c1ccc2c(c1)OCC(=O)N2CC. The summed E-state index contributed by atoms with van der Waals surface area (Å²) in [6.45, 7) is 3.10. The van der Waals surface area contributed by atoms with E-state index in [2.05, 4.69) is 5.92 Å². The monoisotopic (exact) mass is 302 g/mol. The van der Waals surface area contributed by atoms with Crippen LogP contribution < -0.4 is 14.5 Å². The van der Waals surface area contributed by atoms with Gasteiger partial charge in [-0.2, -0.15) is 0 Å². The zero-order chi connectivity index (χ0) is 16.1. The molecule has 1 amide bonds. The lowest BCUT2D eigenvalue weighted by Crippen LogP contribution is -2.38. The number of hydrogen-bond acceptors (Lipinski definition) is 4. The molecular weight excluding hydrogens is 284 g/mol. The highest BCUT2D eigenvalue weighted by Gasteiger charge is 2.24. The molecule has 1 aromatic carbocycles. The molecule has 0 aromatic heterocycles. The van der Waals surface area contributed by atoms with Crippen molar-refractivity contribution in [3.8, 4) is 18.1 Å². The van der Waals surface area contributed by atoms with Crippen LogP contribution in [0.2, 0.25) is 0 Å². The molecule has 1 N–H and O–H groups in total. The lowest BCUT2D eigenvalue weighted by molar-refractivity contribution is -0.136. The summed E-state index contributed by atoms with van der Waals surface area (Å²) in [6, 6.07) is 5.42. The standard InChI is InChI=1S/C16H18N2O4/c1-3-8-17(9-7-16(20)21)12-5-6-13-14(10-12)22-11-15(19)18(13)4-2/h1,5-6,10H,4,7-9,11H2,2H3,(H,20,21). The van der Waals surface area contributed by atoms with Crippen LogP contribution in [0.3, 0.4) is 0 Å². The van der Waals surface area contributed by atoms with Gasteiger partial charge in [-0.3, -0.25) is 9.59 Å². The predicted octanol–water partition coefficient (Wildman–Crippen LogP) is 1.35. The summed E-state index contributed by atoms with van der Waals surface area (Å²) in [5.41, 5.74) is 1.50. The van der Waals surface area contributed by atoms with E-state index in [9.17, 15) is 9.59 Å². The first-order chi connectivity index (χ1) is 10.6. The molecule has 1 heterocycles. The van der Waals surface area contributed by atoms with Crippen LogP contribution in [0.1, 0.15) is 13.3 Å². The minimum absolute atomic E-state index is 0.000801. The number of terminal acetylenes is 1. The van der Waals surface area contributed by atoms with Gasteiger partial charge in [-0.1, -0.05) is 5.92 Å². The molecule has 0 spiro atoms. The highest BCUT2D eigenvalue weighted by Crippen LogP contribution is 2.35. The Morgan fingerprint density at radius 2 is 2.32 bits per heavy atom. The number of carbonyl (C=O) groups excluding carboxylic acids is 1. The molecule has 0 saturated carbocycles. The molecule has 2 rings (SSSR count). The van der Waals surface area contributed by atoms with Crippen LogP contribution in [0.5, 0.6) is 5.75 Å². The first kappa shape index (κ1) is 15.7. The quantitative estimate of drug-likeness (QED) is 0.803. The molecule has 116 valence electrons. The molecule has 0 aliphatic carbocycles. The summed E-state index contributed by atoms with van der Waals surface area (Å²) < 4.78 is 5.48. The molecule has 1 aliphatic heterocycles. The van der Waals surface area contributed by atoms with Gasteiger partial charge in [-0.25, -0.2) is 0 Å². The lowest BCUT2D eigenvalue weighted by Gasteiger charge is -2.30. The van der Waals surface area contributed by atoms with Crippen molar-refractivity contribution in [2.45, 2.75) is 13.3 Å². The minimum atomic E-state index is -0.876. The van der Waals surface area contributed by atoms with Gasteiger partial charge in [0.1, 0.15) is 5.75 Å². The zero-order valence-electron chi connectivity index (χ0n) is 12.4. The van der Waals surface area contributed by atoms with Gasteiger partial charge < -0.3 is 19.6 Å². The van der Waals surface area contributed by atoms with Crippen molar-refractivity contribution < 1.29 is 19.4 Å². The molecule has 0 radical (unpaired) electrons. The fourth-order valence-electron chi connectivity index (χ4n) is 2.38. The summed E-state index contributed by atoms with van der Waals surface area (Å²) in [5.74, 6) is 2.18. The van der Waals surface area contributed by atoms with E-state index in [0.29, 0.717) is 25.4 Å². The molecule has 6 nitrogen and oxygen atoms in total. The Balaban J connectivity index is 2.27. The van der Waals surface area contributed by atoms with E-state index < -0.39 is 5.97 Å². The van der Waals surface area contributed by atoms with E-state index in [1.54, 1.807) is 21.9 Å². The zero-order valence-corrected chi connectivity index (χ0v) is 12.4. The Morgan fingerprint density at radius 1 is 1.55 bits per heavy atom. The van der Waals surface area contributed by atoms with Crippen LogP contribution in [0.25, 0.3) is 0 Å². The third-order valence-electron chi connectivity index (χ3n) is 3.45. The maximum Gasteiger partial charge on any atom is 0.305 e. The number of anilines is 2. The fourth-order valence-corrected chi connectivity index (χ4v) is 2.38. The average Bonchev–Trinajstić information content (AvgIpc) is 2.50.